The van der Waals surface area contributed by atoms with Gasteiger partial charge in [-0.05, 0) is 57.6 Å². The van der Waals surface area contributed by atoms with Gasteiger partial charge in [0.15, 0.2) is 5.82 Å². The number of hydrogen-bond acceptors (Lipinski definition) is 3. The molecule has 2 aromatic heterocycles. The van der Waals surface area contributed by atoms with Crippen molar-refractivity contribution in [1.29, 1.82) is 0 Å². The molecule has 2 nitrogen and oxygen atoms in total. The number of thiophene rings is 1. The van der Waals surface area contributed by atoms with Gasteiger partial charge in [0.05, 0.1) is 11.4 Å². The molecule has 0 spiro atoms. The lowest BCUT2D eigenvalue weighted by Crippen LogP contribution is -2.00. The van der Waals surface area contributed by atoms with E-state index in [4.69, 9.17) is 9.97 Å². The lowest BCUT2D eigenvalue weighted by atomic mass is 9.84. The van der Waals surface area contributed by atoms with Gasteiger partial charge in [-0.1, -0.05) is 158 Å². The number of nitrogens with zero attached hydrogens (tertiary/aromatic N) is 2. The maximum atomic E-state index is 5.38. The predicted molar refractivity (Wildman–Crippen MR) is 208 cm³/mol. The second-order valence-electron chi connectivity index (χ2n) is 12.1. The van der Waals surface area contributed by atoms with E-state index >= 15 is 0 Å². The molecule has 0 fully saturated rings. The highest BCUT2D eigenvalue weighted by atomic mass is 32.1. The fourth-order valence-corrected chi connectivity index (χ4v) is 7.90. The summed E-state index contributed by atoms with van der Waals surface area (Å²) < 4.78 is 2.60. The molecule has 0 atom stereocenters. The Hall–Kier alpha value is -6.16. The van der Waals surface area contributed by atoms with Crippen LogP contribution in [0.15, 0.2) is 182 Å². The minimum Gasteiger partial charge on any atom is -0.228 e. The second kappa shape index (κ2) is 12.5. The fourth-order valence-electron chi connectivity index (χ4n) is 6.81. The molecule has 0 saturated carbocycles. The van der Waals surface area contributed by atoms with E-state index in [9.17, 15) is 0 Å². The van der Waals surface area contributed by atoms with E-state index in [2.05, 4.69) is 158 Å². The first-order valence-electron chi connectivity index (χ1n) is 16.5. The zero-order valence-corrected chi connectivity index (χ0v) is 27.4. The van der Waals surface area contributed by atoms with Crippen LogP contribution in [0.4, 0.5) is 0 Å². The highest BCUT2D eigenvalue weighted by Gasteiger charge is 2.22. The minimum atomic E-state index is 0.701. The molecule has 2 heterocycles. The summed E-state index contributed by atoms with van der Waals surface area (Å²) in [6.07, 6.45) is 0. The third-order valence-electron chi connectivity index (χ3n) is 9.12. The number of rotatable bonds is 6. The molecular weight excluding hydrogens is 613 g/mol. The third kappa shape index (κ3) is 5.41. The van der Waals surface area contributed by atoms with Crippen molar-refractivity contribution in [1.82, 2.24) is 9.97 Å². The van der Waals surface area contributed by atoms with Crippen molar-refractivity contribution in [3.63, 3.8) is 0 Å². The van der Waals surface area contributed by atoms with Gasteiger partial charge in [-0.2, -0.15) is 0 Å². The van der Waals surface area contributed by atoms with Crippen LogP contribution in [0.2, 0.25) is 0 Å². The zero-order chi connectivity index (χ0) is 32.6. The topological polar surface area (TPSA) is 25.8 Å². The van der Waals surface area contributed by atoms with Crippen LogP contribution in [0.3, 0.4) is 0 Å². The van der Waals surface area contributed by atoms with E-state index in [0.717, 1.165) is 50.3 Å². The fraction of sp³-hybridized carbons (Fsp3) is 0. The highest BCUT2D eigenvalue weighted by molar-refractivity contribution is 7.25. The van der Waals surface area contributed by atoms with Gasteiger partial charge < -0.3 is 0 Å². The monoisotopic (exact) mass is 642 g/mol. The molecule has 230 valence electrons. The van der Waals surface area contributed by atoms with E-state index in [0.29, 0.717) is 5.82 Å². The second-order valence-corrected chi connectivity index (χ2v) is 13.2. The Balaban J connectivity index is 1.39. The molecule has 0 amide bonds. The largest absolute Gasteiger partial charge is 0.228 e. The molecule has 0 aliphatic heterocycles. The Morgan fingerprint density at radius 1 is 0.327 bits per heavy atom. The van der Waals surface area contributed by atoms with Crippen LogP contribution in [-0.4, -0.2) is 9.97 Å². The van der Waals surface area contributed by atoms with Gasteiger partial charge >= 0.3 is 0 Å². The maximum absolute atomic E-state index is 5.38. The molecule has 49 heavy (non-hydrogen) atoms. The summed E-state index contributed by atoms with van der Waals surface area (Å²) in [5.41, 5.74) is 11.8. The maximum Gasteiger partial charge on any atom is 0.160 e. The average Bonchev–Trinajstić information content (AvgIpc) is 3.56. The molecule has 0 saturated heterocycles. The summed E-state index contributed by atoms with van der Waals surface area (Å²) in [6, 6.07) is 64.5. The van der Waals surface area contributed by atoms with Crippen LogP contribution in [0, 0.1) is 0 Å². The van der Waals surface area contributed by atoms with Crippen molar-refractivity contribution in [3.8, 4) is 67.3 Å². The number of benzene rings is 7. The zero-order valence-electron chi connectivity index (χ0n) is 26.6. The van der Waals surface area contributed by atoms with Gasteiger partial charge in [0, 0.05) is 36.9 Å². The van der Waals surface area contributed by atoms with E-state index in [-0.39, 0.29) is 0 Å². The van der Waals surface area contributed by atoms with Crippen molar-refractivity contribution in [2.45, 2.75) is 0 Å². The standard InChI is InChI=1S/C46H30N2S/c1-5-15-31(16-6-1)36-26-27-37(35-25-28-43-39(29-35)38-23-13-14-24-42(38)49-43)44(33-19-9-3-10-20-33)45(36)41-30-40(32-17-7-2-8-18-32)47-46(48-41)34-21-11-4-12-22-34/h1-30H. The van der Waals surface area contributed by atoms with Crippen LogP contribution >= 0.6 is 11.3 Å². The quantitative estimate of drug-likeness (QED) is 0.180. The Morgan fingerprint density at radius 2 is 0.857 bits per heavy atom. The molecule has 0 radical (unpaired) electrons. The molecular formula is C46H30N2S. The molecule has 3 heteroatoms. The first kappa shape index (κ1) is 29.0. The Bertz CT molecular complexity index is 2520. The highest BCUT2D eigenvalue weighted by Crippen LogP contribution is 2.47. The number of hydrogen-bond donors (Lipinski definition) is 0. The predicted octanol–water partition coefficient (Wildman–Crippen LogP) is 12.8. The van der Waals surface area contributed by atoms with Gasteiger partial charge in [-0.25, -0.2) is 9.97 Å². The Morgan fingerprint density at radius 3 is 1.55 bits per heavy atom. The van der Waals surface area contributed by atoms with Gasteiger partial charge in [0.25, 0.3) is 0 Å². The van der Waals surface area contributed by atoms with Gasteiger partial charge in [-0.15, -0.1) is 11.3 Å². The molecule has 0 aliphatic carbocycles. The Labute approximate surface area is 289 Å². The molecule has 0 N–H and O–H groups in total. The van der Waals surface area contributed by atoms with E-state index in [1.54, 1.807) is 0 Å². The molecule has 9 rings (SSSR count). The van der Waals surface area contributed by atoms with Crippen molar-refractivity contribution in [2.24, 2.45) is 0 Å². The van der Waals surface area contributed by atoms with E-state index in [1.807, 2.05) is 35.6 Å². The van der Waals surface area contributed by atoms with Crippen LogP contribution in [0.1, 0.15) is 0 Å². The molecule has 0 unspecified atom stereocenters. The number of fused-ring (bicyclic) bond motifs is 3. The normalized spacial score (nSPS) is 11.3. The summed E-state index contributed by atoms with van der Waals surface area (Å²) in [6.45, 7) is 0. The molecule has 9 aromatic rings. The van der Waals surface area contributed by atoms with Crippen LogP contribution in [0.25, 0.3) is 87.5 Å². The van der Waals surface area contributed by atoms with Crippen LogP contribution < -0.4 is 0 Å². The molecule has 7 aromatic carbocycles. The Kier molecular flexibility index (Phi) is 7.38. The smallest absolute Gasteiger partial charge is 0.160 e. The van der Waals surface area contributed by atoms with Gasteiger partial charge in [0.2, 0.25) is 0 Å². The van der Waals surface area contributed by atoms with Crippen molar-refractivity contribution in [3.05, 3.63) is 182 Å². The lowest BCUT2D eigenvalue weighted by Gasteiger charge is -2.21. The summed E-state index contributed by atoms with van der Waals surface area (Å²) in [4.78, 5) is 10.5. The summed E-state index contributed by atoms with van der Waals surface area (Å²) in [5, 5.41) is 2.58. The van der Waals surface area contributed by atoms with E-state index in [1.165, 1.54) is 31.3 Å². The first-order valence-corrected chi connectivity index (χ1v) is 17.3. The third-order valence-corrected chi connectivity index (χ3v) is 10.3. The van der Waals surface area contributed by atoms with Crippen LogP contribution in [0.5, 0.6) is 0 Å². The van der Waals surface area contributed by atoms with Crippen molar-refractivity contribution < 1.29 is 0 Å². The van der Waals surface area contributed by atoms with Gasteiger partial charge in [0.1, 0.15) is 0 Å². The summed E-state index contributed by atoms with van der Waals surface area (Å²) >= 11 is 1.85. The summed E-state index contributed by atoms with van der Waals surface area (Å²) in [7, 11) is 0. The number of aromatic nitrogens is 2. The van der Waals surface area contributed by atoms with Crippen LogP contribution in [-0.2, 0) is 0 Å². The first-order chi connectivity index (χ1) is 24.3. The average molecular weight is 643 g/mol. The SMILES string of the molecule is c1ccc(-c2cc(-c3c(-c4ccccc4)ccc(-c4ccc5sc6ccccc6c5c4)c3-c3ccccc3)nc(-c3ccccc3)n2)cc1. The van der Waals surface area contributed by atoms with Gasteiger partial charge in [-0.3, -0.25) is 0 Å². The van der Waals surface area contributed by atoms with E-state index < -0.39 is 0 Å². The molecule has 0 aliphatic rings. The van der Waals surface area contributed by atoms with Crippen molar-refractivity contribution in [2.75, 3.05) is 0 Å². The summed E-state index contributed by atoms with van der Waals surface area (Å²) in [5.74, 6) is 0.701. The minimum absolute atomic E-state index is 0.701. The lowest BCUT2D eigenvalue weighted by molar-refractivity contribution is 1.18. The molecule has 0 bridgehead atoms. The van der Waals surface area contributed by atoms with Crippen molar-refractivity contribution >= 4 is 31.5 Å².